The summed E-state index contributed by atoms with van der Waals surface area (Å²) in [7, 11) is 0. The Balaban J connectivity index is 1.45. The molecule has 0 radical (unpaired) electrons. The number of nitrogens with zero attached hydrogens (tertiary/aromatic N) is 1. The van der Waals surface area contributed by atoms with Gasteiger partial charge in [0, 0.05) is 38.0 Å². The zero-order valence-electron chi connectivity index (χ0n) is 10.1. The van der Waals surface area contributed by atoms with Gasteiger partial charge in [-0.25, -0.2) is 0 Å². The van der Waals surface area contributed by atoms with Crippen molar-refractivity contribution in [1.82, 2.24) is 10.2 Å². The Morgan fingerprint density at radius 1 is 1.41 bits per heavy atom. The molecule has 94 valence electrons. The van der Waals surface area contributed by atoms with Gasteiger partial charge in [-0.05, 0) is 12.8 Å². The molecule has 2 saturated heterocycles. The van der Waals surface area contributed by atoms with Crippen molar-refractivity contribution in [3.8, 4) is 0 Å². The third-order valence-corrected chi connectivity index (χ3v) is 4.31. The van der Waals surface area contributed by atoms with Gasteiger partial charge in [0.2, 0.25) is 11.8 Å². The molecular formula is C12H18N2O3. The number of amides is 2. The van der Waals surface area contributed by atoms with E-state index in [9.17, 15) is 9.59 Å². The second-order valence-corrected chi connectivity index (χ2v) is 5.55. The minimum Gasteiger partial charge on any atom is -0.381 e. The smallest absolute Gasteiger partial charge is 0.224 e. The molecule has 3 aliphatic rings. The van der Waals surface area contributed by atoms with Gasteiger partial charge >= 0.3 is 0 Å². The van der Waals surface area contributed by atoms with Crippen LogP contribution in [0.3, 0.4) is 0 Å². The Hall–Kier alpha value is -1.10. The molecule has 5 heteroatoms. The SMILES string of the molecule is CC(=O)N1CC(NC(=O)C2CC23CCOC3)C1. The second kappa shape index (κ2) is 3.70. The summed E-state index contributed by atoms with van der Waals surface area (Å²) in [5, 5.41) is 3.03. The van der Waals surface area contributed by atoms with Crippen LogP contribution in [-0.4, -0.2) is 49.1 Å². The van der Waals surface area contributed by atoms with E-state index in [2.05, 4.69) is 5.32 Å². The summed E-state index contributed by atoms with van der Waals surface area (Å²) in [6.07, 6.45) is 2.00. The number of carbonyl (C=O) groups excluding carboxylic acids is 2. The molecular weight excluding hydrogens is 220 g/mol. The molecule has 2 atom stereocenters. The number of nitrogens with one attached hydrogen (secondary N) is 1. The number of likely N-dealkylation sites (tertiary alicyclic amines) is 1. The van der Waals surface area contributed by atoms with Crippen molar-refractivity contribution in [3.63, 3.8) is 0 Å². The van der Waals surface area contributed by atoms with Crippen LogP contribution in [0.25, 0.3) is 0 Å². The highest BCUT2D eigenvalue weighted by Gasteiger charge is 2.60. The van der Waals surface area contributed by atoms with Crippen LogP contribution in [0.1, 0.15) is 19.8 Å². The topological polar surface area (TPSA) is 58.6 Å². The molecule has 2 aliphatic heterocycles. The summed E-state index contributed by atoms with van der Waals surface area (Å²) in [6, 6.07) is 0.159. The molecule has 1 aliphatic carbocycles. The minimum absolute atomic E-state index is 0.0857. The van der Waals surface area contributed by atoms with E-state index in [1.54, 1.807) is 11.8 Å². The molecule has 1 spiro atoms. The fraction of sp³-hybridized carbons (Fsp3) is 0.833. The average molecular weight is 238 g/mol. The highest BCUT2D eigenvalue weighted by molar-refractivity contribution is 5.83. The molecule has 5 nitrogen and oxygen atoms in total. The number of ether oxygens (including phenoxy) is 1. The van der Waals surface area contributed by atoms with E-state index < -0.39 is 0 Å². The lowest BCUT2D eigenvalue weighted by molar-refractivity contribution is -0.136. The number of carbonyl (C=O) groups is 2. The summed E-state index contributed by atoms with van der Waals surface area (Å²) in [5.41, 5.74) is 0.161. The molecule has 2 unspecified atom stereocenters. The first-order chi connectivity index (χ1) is 8.11. The van der Waals surface area contributed by atoms with Gasteiger partial charge in [-0.2, -0.15) is 0 Å². The number of hydrogen-bond acceptors (Lipinski definition) is 3. The monoisotopic (exact) mass is 238 g/mol. The standard InChI is InChI=1S/C12H18N2O3/c1-8(15)14-5-9(6-14)13-11(16)10-4-12(10)2-3-17-7-12/h9-10H,2-7H2,1H3,(H,13,16). The van der Waals surface area contributed by atoms with Crippen LogP contribution >= 0.6 is 0 Å². The van der Waals surface area contributed by atoms with Crippen molar-refractivity contribution < 1.29 is 14.3 Å². The normalized spacial score (nSPS) is 35.8. The first-order valence-electron chi connectivity index (χ1n) is 6.24. The van der Waals surface area contributed by atoms with E-state index in [4.69, 9.17) is 4.74 Å². The first-order valence-corrected chi connectivity index (χ1v) is 6.24. The predicted octanol–water partition coefficient (Wildman–Crippen LogP) is -0.240. The van der Waals surface area contributed by atoms with Crippen molar-refractivity contribution >= 4 is 11.8 Å². The Morgan fingerprint density at radius 2 is 2.18 bits per heavy atom. The third kappa shape index (κ3) is 1.82. The molecule has 0 aromatic heterocycles. The quantitative estimate of drug-likeness (QED) is 0.722. The van der Waals surface area contributed by atoms with Gasteiger partial charge < -0.3 is 15.0 Å². The zero-order valence-corrected chi connectivity index (χ0v) is 10.1. The van der Waals surface area contributed by atoms with Crippen molar-refractivity contribution in [3.05, 3.63) is 0 Å². The van der Waals surface area contributed by atoms with Gasteiger partial charge in [0.15, 0.2) is 0 Å². The van der Waals surface area contributed by atoms with Gasteiger partial charge in [0.05, 0.1) is 12.6 Å². The van der Waals surface area contributed by atoms with Gasteiger partial charge in [0.1, 0.15) is 0 Å². The Bertz CT molecular complexity index is 357. The van der Waals surface area contributed by atoms with Gasteiger partial charge in [-0.1, -0.05) is 0 Å². The van der Waals surface area contributed by atoms with E-state index in [1.165, 1.54) is 0 Å². The third-order valence-electron chi connectivity index (χ3n) is 4.31. The van der Waals surface area contributed by atoms with Gasteiger partial charge in [-0.15, -0.1) is 0 Å². The molecule has 1 N–H and O–H groups in total. The Labute approximate surface area is 100 Å². The van der Waals surface area contributed by atoms with Crippen molar-refractivity contribution in [2.45, 2.75) is 25.8 Å². The number of rotatable bonds is 2. The highest BCUT2D eigenvalue weighted by atomic mass is 16.5. The predicted molar refractivity (Wildman–Crippen MR) is 60.2 cm³/mol. The van der Waals surface area contributed by atoms with Crippen LogP contribution in [0.4, 0.5) is 0 Å². The zero-order chi connectivity index (χ0) is 12.0. The minimum atomic E-state index is 0.0857. The number of hydrogen-bond donors (Lipinski definition) is 1. The van der Waals surface area contributed by atoms with Gasteiger partial charge in [-0.3, -0.25) is 9.59 Å². The summed E-state index contributed by atoms with van der Waals surface area (Å²) in [4.78, 5) is 24.7. The maximum Gasteiger partial charge on any atom is 0.224 e. The lowest BCUT2D eigenvalue weighted by atomic mass is 10.0. The largest absolute Gasteiger partial charge is 0.381 e. The molecule has 0 aromatic rings. The molecule has 1 saturated carbocycles. The Morgan fingerprint density at radius 3 is 2.76 bits per heavy atom. The second-order valence-electron chi connectivity index (χ2n) is 5.55. The van der Waals surface area contributed by atoms with Crippen molar-refractivity contribution in [2.75, 3.05) is 26.3 Å². The van der Waals surface area contributed by atoms with Crippen LogP contribution in [0, 0.1) is 11.3 Å². The van der Waals surface area contributed by atoms with E-state index in [-0.39, 0.29) is 29.2 Å². The fourth-order valence-electron chi connectivity index (χ4n) is 2.91. The molecule has 0 aromatic carbocycles. The highest BCUT2D eigenvalue weighted by Crippen LogP contribution is 2.57. The van der Waals surface area contributed by atoms with E-state index in [0.29, 0.717) is 13.1 Å². The lowest BCUT2D eigenvalue weighted by Crippen LogP contribution is -2.60. The molecule has 3 fully saturated rings. The Kier molecular flexibility index (Phi) is 2.40. The lowest BCUT2D eigenvalue weighted by Gasteiger charge is -2.39. The van der Waals surface area contributed by atoms with E-state index >= 15 is 0 Å². The summed E-state index contributed by atoms with van der Waals surface area (Å²) in [5.74, 6) is 0.391. The van der Waals surface area contributed by atoms with Crippen LogP contribution in [-0.2, 0) is 14.3 Å². The molecule has 3 rings (SSSR count). The summed E-state index contributed by atoms with van der Waals surface area (Å²) < 4.78 is 5.36. The van der Waals surface area contributed by atoms with E-state index in [0.717, 1.165) is 26.1 Å². The fourth-order valence-corrected chi connectivity index (χ4v) is 2.91. The van der Waals surface area contributed by atoms with Crippen molar-refractivity contribution in [2.24, 2.45) is 11.3 Å². The maximum atomic E-state index is 12.0. The van der Waals surface area contributed by atoms with Crippen LogP contribution in [0.5, 0.6) is 0 Å². The molecule has 2 heterocycles. The van der Waals surface area contributed by atoms with Gasteiger partial charge in [0.25, 0.3) is 0 Å². The molecule has 2 amide bonds. The maximum absolute atomic E-state index is 12.0. The first kappa shape index (κ1) is 11.0. The molecule has 17 heavy (non-hydrogen) atoms. The summed E-state index contributed by atoms with van der Waals surface area (Å²) in [6.45, 7) is 4.43. The van der Waals surface area contributed by atoms with E-state index in [1.807, 2.05) is 0 Å². The van der Waals surface area contributed by atoms with Crippen LogP contribution < -0.4 is 5.32 Å². The average Bonchev–Trinajstić information content (AvgIpc) is 2.69. The van der Waals surface area contributed by atoms with Crippen molar-refractivity contribution in [1.29, 1.82) is 0 Å². The van der Waals surface area contributed by atoms with Crippen LogP contribution in [0.15, 0.2) is 0 Å². The molecule has 0 bridgehead atoms. The summed E-state index contributed by atoms with van der Waals surface area (Å²) >= 11 is 0. The van der Waals surface area contributed by atoms with Crippen LogP contribution in [0.2, 0.25) is 0 Å².